The number of rotatable bonds is 35. The molecule has 0 spiro atoms. The van der Waals surface area contributed by atoms with E-state index in [1.165, 1.54) is 10.4 Å². The minimum Gasteiger partial charge on any atom is -0.405 e. The summed E-state index contributed by atoms with van der Waals surface area (Å²) in [7, 11) is -2.54. The molecule has 0 N–H and O–H groups in total. The molecule has 0 unspecified atom stereocenters. The Bertz CT molecular complexity index is 994. The highest BCUT2D eigenvalue weighted by Crippen LogP contribution is 2.36. The lowest BCUT2D eigenvalue weighted by Gasteiger charge is -2.43. The molecule has 0 amide bonds. The average molecular weight is 851 g/mol. The zero-order valence-corrected chi connectivity index (χ0v) is 34.4. The van der Waals surface area contributed by atoms with Gasteiger partial charge in [0.1, 0.15) is 0 Å². The monoisotopic (exact) mass is 850 g/mol. The van der Waals surface area contributed by atoms with Crippen molar-refractivity contribution >= 4 is 41.3 Å². The molecule has 0 bridgehead atoms. The van der Waals surface area contributed by atoms with Gasteiger partial charge in [0.25, 0.3) is 8.32 Å². The van der Waals surface area contributed by atoms with Crippen LogP contribution in [-0.4, -0.2) is 151 Å². The molecule has 0 saturated carbocycles. The Morgan fingerprint density at radius 1 is 0.373 bits per heavy atom. The largest absolute Gasteiger partial charge is 0.405 e. The number of hydrogen-bond donors (Lipinski definition) is 0. The third-order valence-electron chi connectivity index (χ3n) is 7.53. The molecule has 0 aliphatic rings. The maximum atomic E-state index is 6.85. The highest BCUT2D eigenvalue weighted by molar-refractivity contribution is 14.1. The van der Waals surface area contributed by atoms with Gasteiger partial charge in [-0.25, -0.2) is 0 Å². The summed E-state index contributed by atoms with van der Waals surface area (Å²) in [5.74, 6) is 0. The molecule has 2 aromatic carbocycles. The SMILES string of the molecule is CC(C)(C)[Si](OCCOCCOCCOCCOCCOCCOCCOCCOCCOCCOCCI)(c1ccccc1)c1ccccc1. The summed E-state index contributed by atoms with van der Waals surface area (Å²) < 4.78 is 63.2. The lowest BCUT2D eigenvalue weighted by molar-refractivity contribution is -0.0265. The maximum absolute atomic E-state index is 6.85. The predicted molar refractivity (Wildman–Crippen MR) is 211 cm³/mol. The van der Waals surface area contributed by atoms with E-state index in [-0.39, 0.29) is 5.04 Å². The van der Waals surface area contributed by atoms with Gasteiger partial charge in [0.15, 0.2) is 0 Å². The van der Waals surface area contributed by atoms with Crippen LogP contribution in [0.25, 0.3) is 0 Å². The number of alkyl halides is 1. The highest BCUT2D eigenvalue weighted by atomic mass is 127. The van der Waals surface area contributed by atoms with Gasteiger partial charge in [0.05, 0.1) is 139 Å². The van der Waals surface area contributed by atoms with E-state index in [2.05, 4.69) is 104 Å². The van der Waals surface area contributed by atoms with Crippen molar-refractivity contribution in [1.82, 2.24) is 0 Å². The first-order valence-corrected chi connectivity index (χ1v) is 21.5. The molecule has 0 aromatic heterocycles. The fourth-order valence-corrected chi connectivity index (χ4v) is 10.0. The molecule has 51 heavy (non-hydrogen) atoms. The minimum absolute atomic E-state index is 0.0540. The fraction of sp³-hybridized carbons (Fsp3) is 0.684. The first-order valence-electron chi connectivity index (χ1n) is 18.1. The minimum atomic E-state index is -2.54. The topological polar surface area (TPSA) is 102 Å². The van der Waals surface area contributed by atoms with Crippen LogP contribution in [0.5, 0.6) is 0 Å². The van der Waals surface area contributed by atoms with Gasteiger partial charge in [0, 0.05) is 4.43 Å². The lowest BCUT2D eigenvalue weighted by Crippen LogP contribution is -2.66. The molecule has 13 heteroatoms. The summed E-state index contributed by atoms with van der Waals surface area (Å²) in [4.78, 5) is 0. The summed E-state index contributed by atoms with van der Waals surface area (Å²) in [6.07, 6.45) is 0. The highest BCUT2D eigenvalue weighted by Gasteiger charge is 2.50. The van der Waals surface area contributed by atoms with Crippen molar-refractivity contribution in [2.75, 3.05) is 143 Å². The van der Waals surface area contributed by atoms with E-state index in [1.54, 1.807) is 0 Å². The van der Waals surface area contributed by atoms with Crippen LogP contribution < -0.4 is 10.4 Å². The third-order valence-corrected chi connectivity index (χ3v) is 13.0. The molecule has 0 aliphatic carbocycles. The smallest absolute Gasteiger partial charge is 0.261 e. The zero-order valence-electron chi connectivity index (χ0n) is 31.2. The Balaban J connectivity index is 1.33. The Labute approximate surface area is 321 Å². The van der Waals surface area contributed by atoms with E-state index < -0.39 is 8.32 Å². The number of hydrogen-bond acceptors (Lipinski definition) is 11. The molecule has 2 aromatic rings. The summed E-state index contributed by atoms with van der Waals surface area (Å²) in [5.41, 5.74) is 0. The average Bonchev–Trinajstić information content (AvgIpc) is 3.14. The number of benzene rings is 2. The standard InChI is InChI=1S/C38H63IO11Si/c1-38(2,3)51(36-10-6-4-7-11-36,37-12-8-5-9-13-37)50-35-34-49-33-32-48-31-30-47-29-28-46-27-26-45-25-24-44-23-22-43-21-20-42-19-18-41-17-16-40-15-14-39/h4-13H,14-35H2,1-3H3. The molecular formula is C38H63IO11Si. The van der Waals surface area contributed by atoms with Gasteiger partial charge < -0.3 is 51.8 Å². The van der Waals surface area contributed by atoms with Crippen LogP contribution in [-0.2, 0) is 51.8 Å². The zero-order chi connectivity index (χ0) is 36.6. The van der Waals surface area contributed by atoms with E-state index >= 15 is 0 Å². The fourth-order valence-electron chi connectivity index (χ4n) is 5.15. The van der Waals surface area contributed by atoms with Gasteiger partial charge in [-0.2, -0.15) is 0 Å². The lowest BCUT2D eigenvalue weighted by atomic mass is 10.2. The molecule has 292 valence electrons. The van der Waals surface area contributed by atoms with Crippen molar-refractivity contribution in [3.63, 3.8) is 0 Å². The van der Waals surface area contributed by atoms with Crippen LogP contribution in [0, 0.1) is 0 Å². The second kappa shape index (κ2) is 31.3. The van der Waals surface area contributed by atoms with Crippen molar-refractivity contribution in [3.05, 3.63) is 60.7 Å². The van der Waals surface area contributed by atoms with E-state index in [1.807, 2.05) is 0 Å². The van der Waals surface area contributed by atoms with Gasteiger partial charge in [-0.1, -0.05) is 104 Å². The molecular weight excluding hydrogens is 787 g/mol. The van der Waals surface area contributed by atoms with Crippen LogP contribution >= 0.6 is 22.6 Å². The van der Waals surface area contributed by atoms with Gasteiger partial charge in [-0.3, -0.25) is 0 Å². The van der Waals surface area contributed by atoms with Crippen LogP contribution in [0.2, 0.25) is 5.04 Å². The molecule has 0 heterocycles. The predicted octanol–water partition coefficient (Wildman–Crippen LogP) is 4.16. The van der Waals surface area contributed by atoms with Gasteiger partial charge >= 0.3 is 0 Å². The second-order valence-electron chi connectivity index (χ2n) is 12.3. The van der Waals surface area contributed by atoms with Crippen molar-refractivity contribution in [1.29, 1.82) is 0 Å². The maximum Gasteiger partial charge on any atom is 0.261 e. The molecule has 0 fully saturated rings. The molecule has 0 radical (unpaired) electrons. The van der Waals surface area contributed by atoms with Crippen LogP contribution in [0.3, 0.4) is 0 Å². The molecule has 2 rings (SSSR count). The summed E-state index contributed by atoms with van der Waals surface area (Å²) in [6.45, 7) is 18.2. The van der Waals surface area contributed by atoms with Crippen LogP contribution in [0.15, 0.2) is 60.7 Å². The third kappa shape index (κ3) is 21.4. The number of ether oxygens (including phenoxy) is 10. The van der Waals surface area contributed by atoms with E-state index in [4.69, 9.17) is 51.8 Å². The summed E-state index contributed by atoms with van der Waals surface area (Å²) >= 11 is 2.28. The van der Waals surface area contributed by atoms with E-state index in [9.17, 15) is 0 Å². The Morgan fingerprint density at radius 3 is 0.843 bits per heavy atom. The summed E-state index contributed by atoms with van der Waals surface area (Å²) in [5, 5.41) is 2.48. The van der Waals surface area contributed by atoms with E-state index in [0.29, 0.717) is 132 Å². The second-order valence-corrected chi connectivity index (χ2v) is 17.7. The molecule has 0 saturated heterocycles. The first-order chi connectivity index (χ1) is 25.0. The molecule has 0 aliphatic heterocycles. The molecule has 0 atom stereocenters. The van der Waals surface area contributed by atoms with Gasteiger partial charge in [-0.05, 0) is 15.4 Å². The normalized spacial score (nSPS) is 12.2. The van der Waals surface area contributed by atoms with Crippen molar-refractivity contribution in [2.24, 2.45) is 0 Å². The summed E-state index contributed by atoms with van der Waals surface area (Å²) in [6, 6.07) is 21.3. The molecule has 11 nitrogen and oxygen atoms in total. The Morgan fingerprint density at radius 2 is 0.608 bits per heavy atom. The van der Waals surface area contributed by atoms with Gasteiger partial charge in [0.2, 0.25) is 0 Å². The number of halogens is 1. The van der Waals surface area contributed by atoms with Gasteiger partial charge in [-0.15, -0.1) is 0 Å². The first kappa shape index (κ1) is 46.1. The van der Waals surface area contributed by atoms with Crippen LogP contribution in [0.1, 0.15) is 20.8 Å². The van der Waals surface area contributed by atoms with E-state index in [0.717, 1.165) is 11.0 Å². The van der Waals surface area contributed by atoms with Crippen molar-refractivity contribution in [3.8, 4) is 0 Å². The van der Waals surface area contributed by atoms with Crippen LogP contribution in [0.4, 0.5) is 0 Å². The Hall–Kier alpha value is -1.05. The van der Waals surface area contributed by atoms with Crippen molar-refractivity contribution < 1.29 is 51.8 Å². The van der Waals surface area contributed by atoms with Crippen molar-refractivity contribution in [2.45, 2.75) is 25.8 Å². The quantitative estimate of drug-likeness (QED) is 0.0433. The Kier molecular flexibility index (Phi) is 28.3.